The van der Waals surface area contributed by atoms with Crippen molar-refractivity contribution in [3.05, 3.63) is 60.2 Å². The van der Waals surface area contributed by atoms with Gasteiger partial charge in [0.1, 0.15) is 18.4 Å². The molecule has 1 unspecified atom stereocenters. The first-order valence-corrected chi connectivity index (χ1v) is 16.3. The lowest BCUT2D eigenvalue weighted by Crippen LogP contribution is -2.55. The number of amides is 3. The Kier molecular flexibility index (Phi) is 12.4. The highest BCUT2D eigenvalue weighted by Crippen LogP contribution is 2.27. The summed E-state index contributed by atoms with van der Waals surface area (Å²) in [7, 11) is 0. The van der Waals surface area contributed by atoms with Gasteiger partial charge in [0, 0.05) is 44.5 Å². The molecule has 0 radical (unpaired) electrons. The van der Waals surface area contributed by atoms with Crippen LogP contribution in [-0.2, 0) is 11.4 Å². The standard InChI is InChI=1S/C35H52N4O3/c1-4-5-23-39(30-15-17-32(18-16-30)42-27-29-13-9-8-10-14-29)31-19-24-37(25-20-31)34(40)33(26-28(2)3)36-35(41)38-21-11-6-7-12-22-38/h8-10,13-18,28,31,33H,4-7,11-12,19-27H2,1-3H3,(H,36,41). The molecule has 1 atom stereocenters. The van der Waals surface area contributed by atoms with Crippen molar-refractivity contribution in [3.8, 4) is 5.75 Å². The molecule has 7 heteroatoms. The summed E-state index contributed by atoms with van der Waals surface area (Å²) in [5, 5.41) is 3.13. The van der Waals surface area contributed by atoms with E-state index in [1.165, 1.54) is 18.5 Å². The van der Waals surface area contributed by atoms with Crippen molar-refractivity contribution >= 4 is 17.6 Å². The largest absolute Gasteiger partial charge is 0.489 e. The highest BCUT2D eigenvalue weighted by molar-refractivity contribution is 5.87. The van der Waals surface area contributed by atoms with Gasteiger partial charge in [0.15, 0.2) is 0 Å². The average molecular weight is 577 g/mol. The van der Waals surface area contributed by atoms with Crippen LogP contribution in [-0.4, -0.2) is 66.5 Å². The number of benzene rings is 2. The van der Waals surface area contributed by atoms with E-state index in [4.69, 9.17) is 4.74 Å². The number of hydrogen-bond donors (Lipinski definition) is 1. The Balaban J connectivity index is 1.34. The molecule has 7 nitrogen and oxygen atoms in total. The highest BCUT2D eigenvalue weighted by atomic mass is 16.5. The second-order valence-corrected chi connectivity index (χ2v) is 12.4. The SMILES string of the molecule is CCCCN(c1ccc(OCc2ccccc2)cc1)C1CCN(C(=O)C(CC(C)C)NC(=O)N2CCCCCC2)CC1. The van der Waals surface area contributed by atoms with Crippen LogP contribution in [0.1, 0.15) is 84.1 Å². The van der Waals surface area contributed by atoms with Gasteiger partial charge in [0.05, 0.1) is 0 Å². The van der Waals surface area contributed by atoms with Crippen LogP contribution in [0.3, 0.4) is 0 Å². The first kappa shape index (κ1) is 31.7. The summed E-state index contributed by atoms with van der Waals surface area (Å²) in [5.74, 6) is 1.27. The van der Waals surface area contributed by atoms with Crippen LogP contribution in [0.15, 0.2) is 54.6 Å². The van der Waals surface area contributed by atoms with Crippen LogP contribution < -0.4 is 15.0 Å². The van der Waals surface area contributed by atoms with Gasteiger partial charge in [0.2, 0.25) is 5.91 Å². The van der Waals surface area contributed by atoms with Crippen molar-refractivity contribution in [2.45, 2.75) is 97.2 Å². The van der Waals surface area contributed by atoms with Crippen LogP contribution in [0.5, 0.6) is 5.75 Å². The zero-order valence-electron chi connectivity index (χ0n) is 26.1. The number of likely N-dealkylation sites (tertiary alicyclic amines) is 2. The second kappa shape index (κ2) is 16.4. The predicted molar refractivity (Wildman–Crippen MR) is 171 cm³/mol. The summed E-state index contributed by atoms with van der Waals surface area (Å²) in [4.78, 5) is 33.2. The molecule has 0 bridgehead atoms. The average Bonchev–Trinajstić information content (AvgIpc) is 3.31. The van der Waals surface area contributed by atoms with E-state index in [0.717, 1.165) is 82.6 Å². The summed E-state index contributed by atoms with van der Waals surface area (Å²) in [5.41, 5.74) is 2.37. The van der Waals surface area contributed by atoms with E-state index in [0.29, 0.717) is 25.0 Å². The van der Waals surface area contributed by atoms with Crippen molar-refractivity contribution < 1.29 is 14.3 Å². The van der Waals surface area contributed by atoms with Crippen LogP contribution >= 0.6 is 0 Å². The summed E-state index contributed by atoms with van der Waals surface area (Å²) in [6, 6.07) is 18.6. The number of carbonyl (C=O) groups excluding carboxylic acids is 2. The maximum Gasteiger partial charge on any atom is 0.318 e. The van der Waals surface area contributed by atoms with Gasteiger partial charge in [-0.25, -0.2) is 4.79 Å². The zero-order chi connectivity index (χ0) is 29.7. The van der Waals surface area contributed by atoms with Gasteiger partial charge in [-0.15, -0.1) is 0 Å². The minimum absolute atomic E-state index is 0.0744. The zero-order valence-corrected chi connectivity index (χ0v) is 26.1. The number of ether oxygens (including phenoxy) is 1. The number of unbranched alkanes of at least 4 members (excludes halogenated alkanes) is 1. The fourth-order valence-electron chi connectivity index (χ4n) is 6.15. The molecule has 2 aromatic carbocycles. The second-order valence-electron chi connectivity index (χ2n) is 12.4. The van der Waals surface area contributed by atoms with Gasteiger partial charge in [-0.1, -0.05) is 70.4 Å². The quantitative estimate of drug-likeness (QED) is 0.300. The first-order chi connectivity index (χ1) is 20.4. The molecule has 2 aliphatic heterocycles. The summed E-state index contributed by atoms with van der Waals surface area (Å²) in [6.07, 6.45) is 9.22. The maximum absolute atomic E-state index is 13.7. The molecule has 0 saturated carbocycles. The highest BCUT2D eigenvalue weighted by Gasteiger charge is 2.32. The molecule has 1 N–H and O–H groups in total. The Morgan fingerprint density at radius 2 is 1.57 bits per heavy atom. The molecule has 2 heterocycles. The maximum atomic E-state index is 13.7. The van der Waals surface area contributed by atoms with Gasteiger partial charge in [-0.3, -0.25) is 4.79 Å². The molecule has 0 aliphatic carbocycles. The van der Waals surface area contributed by atoms with Crippen LogP contribution in [0.2, 0.25) is 0 Å². The molecule has 2 aromatic rings. The van der Waals surface area contributed by atoms with E-state index in [-0.39, 0.29) is 11.9 Å². The monoisotopic (exact) mass is 576 g/mol. The lowest BCUT2D eigenvalue weighted by Gasteiger charge is -2.41. The summed E-state index contributed by atoms with van der Waals surface area (Å²) >= 11 is 0. The number of rotatable bonds is 12. The molecule has 3 amide bonds. The van der Waals surface area contributed by atoms with Crippen LogP contribution in [0.4, 0.5) is 10.5 Å². The lowest BCUT2D eigenvalue weighted by atomic mass is 9.98. The molecule has 2 aliphatic rings. The smallest absolute Gasteiger partial charge is 0.318 e. The number of urea groups is 1. The number of nitrogens with zero attached hydrogens (tertiary/aromatic N) is 3. The van der Waals surface area contributed by atoms with Gasteiger partial charge in [0.25, 0.3) is 0 Å². The van der Waals surface area contributed by atoms with E-state index in [9.17, 15) is 9.59 Å². The molecule has 4 rings (SSSR count). The van der Waals surface area contributed by atoms with E-state index < -0.39 is 6.04 Å². The molecule has 0 aromatic heterocycles. The van der Waals surface area contributed by atoms with Crippen molar-refractivity contribution in [1.82, 2.24) is 15.1 Å². The molecule has 230 valence electrons. The number of nitrogens with one attached hydrogen (secondary N) is 1. The summed E-state index contributed by atoms with van der Waals surface area (Å²) in [6.45, 7) is 11.0. The van der Waals surface area contributed by atoms with E-state index >= 15 is 0 Å². The number of anilines is 1. The third-order valence-electron chi connectivity index (χ3n) is 8.58. The Hall–Kier alpha value is -3.22. The van der Waals surface area contributed by atoms with E-state index in [1.54, 1.807) is 0 Å². The lowest BCUT2D eigenvalue weighted by molar-refractivity contribution is -0.134. The van der Waals surface area contributed by atoms with E-state index in [2.05, 4.69) is 67.4 Å². The predicted octanol–water partition coefficient (Wildman–Crippen LogP) is 6.86. The molecule has 2 saturated heterocycles. The van der Waals surface area contributed by atoms with Crippen molar-refractivity contribution in [2.24, 2.45) is 5.92 Å². The van der Waals surface area contributed by atoms with Gasteiger partial charge in [-0.2, -0.15) is 0 Å². The Morgan fingerprint density at radius 1 is 0.905 bits per heavy atom. The van der Waals surface area contributed by atoms with Crippen molar-refractivity contribution in [1.29, 1.82) is 0 Å². The third-order valence-corrected chi connectivity index (χ3v) is 8.58. The Labute approximate surface area is 253 Å². The molecule has 42 heavy (non-hydrogen) atoms. The molecule has 0 spiro atoms. The number of piperidine rings is 1. The topological polar surface area (TPSA) is 65.1 Å². The molecule has 2 fully saturated rings. The minimum atomic E-state index is -0.461. The molecular weight excluding hydrogens is 524 g/mol. The van der Waals surface area contributed by atoms with Crippen LogP contribution in [0, 0.1) is 5.92 Å². The fraction of sp³-hybridized carbons (Fsp3) is 0.600. The fourth-order valence-corrected chi connectivity index (χ4v) is 6.15. The Morgan fingerprint density at radius 3 is 2.19 bits per heavy atom. The minimum Gasteiger partial charge on any atom is -0.489 e. The molecular formula is C35H52N4O3. The number of hydrogen-bond acceptors (Lipinski definition) is 4. The normalized spacial score (nSPS) is 17.0. The van der Waals surface area contributed by atoms with Gasteiger partial charge < -0.3 is 24.8 Å². The van der Waals surface area contributed by atoms with Gasteiger partial charge >= 0.3 is 6.03 Å². The van der Waals surface area contributed by atoms with Crippen molar-refractivity contribution in [3.63, 3.8) is 0 Å². The summed E-state index contributed by atoms with van der Waals surface area (Å²) < 4.78 is 6.02. The van der Waals surface area contributed by atoms with Crippen LogP contribution in [0.25, 0.3) is 0 Å². The first-order valence-electron chi connectivity index (χ1n) is 16.3. The Bertz CT molecular complexity index is 1080. The van der Waals surface area contributed by atoms with Gasteiger partial charge in [-0.05, 0) is 74.3 Å². The number of carbonyl (C=O) groups is 2. The van der Waals surface area contributed by atoms with E-state index in [1.807, 2.05) is 28.0 Å². The van der Waals surface area contributed by atoms with Crippen molar-refractivity contribution in [2.75, 3.05) is 37.6 Å². The third kappa shape index (κ3) is 9.40.